The predicted octanol–water partition coefficient (Wildman–Crippen LogP) is -1.26. The average Bonchev–Trinajstić information content (AvgIpc) is 2.68. The van der Waals surface area contributed by atoms with Crippen LogP contribution in [0.2, 0.25) is 0 Å². The molecule has 0 spiro atoms. The van der Waals surface area contributed by atoms with Gasteiger partial charge in [0.2, 0.25) is 0 Å². The van der Waals surface area contributed by atoms with Gasteiger partial charge in [-0.1, -0.05) is 36.1 Å². The van der Waals surface area contributed by atoms with E-state index >= 15 is 0 Å². The average molecular weight is 231 g/mol. The topological polar surface area (TPSA) is 42.1 Å². The molecular formula is C14H12LiN2O+. The summed E-state index contributed by atoms with van der Waals surface area (Å²) in [4.78, 5) is 3.28. The first kappa shape index (κ1) is 12.8. The molecule has 1 aromatic heterocycles. The summed E-state index contributed by atoms with van der Waals surface area (Å²) in [5, 5.41) is 11.8. The van der Waals surface area contributed by atoms with Gasteiger partial charge < -0.3 is 5.11 Å². The molecule has 0 aliphatic carbocycles. The standard InChI is InChI=1S/C14H12N2O.Li/c1-16-12-8-4-3-7-11(12)15-14(16)10-6-2-5-9-13(10)17;/h2-9,17H,1H3;/q;+1. The van der Waals surface area contributed by atoms with E-state index in [0.29, 0.717) is 5.56 Å². The maximum Gasteiger partial charge on any atom is 1.00 e. The van der Waals surface area contributed by atoms with Gasteiger partial charge in [0.05, 0.1) is 12.6 Å². The molecule has 3 aromatic rings. The Morgan fingerprint density at radius 3 is 2.39 bits per heavy atom. The van der Waals surface area contributed by atoms with Crippen molar-refractivity contribution >= 4 is 11.0 Å². The fourth-order valence-electron chi connectivity index (χ4n) is 2.11. The Kier molecular flexibility index (Phi) is 3.47. The molecule has 84 valence electrons. The van der Waals surface area contributed by atoms with Crippen LogP contribution in [0.3, 0.4) is 0 Å². The maximum absolute atomic E-state index is 11.8. The number of H-pyrrole nitrogens is 1. The van der Waals surface area contributed by atoms with Crippen LogP contribution in [0.15, 0.2) is 48.5 Å². The quantitative estimate of drug-likeness (QED) is 0.482. The molecule has 0 aliphatic rings. The van der Waals surface area contributed by atoms with E-state index in [9.17, 15) is 5.11 Å². The summed E-state index contributed by atoms with van der Waals surface area (Å²) in [5.74, 6) is 0.881. The number of hydrogen-bond acceptors (Lipinski definition) is 1. The Labute approximate surface area is 117 Å². The fourth-order valence-corrected chi connectivity index (χ4v) is 2.11. The van der Waals surface area contributed by atoms with E-state index in [1.807, 2.05) is 48.0 Å². The number of benzene rings is 2. The Balaban J connectivity index is 0.00000120. The van der Waals surface area contributed by atoms with Crippen LogP contribution in [-0.2, 0) is 7.05 Å². The Morgan fingerprint density at radius 2 is 1.67 bits per heavy atom. The van der Waals surface area contributed by atoms with Gasteiger partial charge >= 0.3 is 18.9 Å². The van der Waals surface area contributed by atoms with E-state index in [-0.39, 0.29) is 24.6 Å². The van der Waals surface area contributed by atoms with Gasteiger partial charge in [0.15, 0.2) is 11.0 Å². The van der Waals surface area contributed by atoms with Crippen LogP contribution in [0.25, 0.3) is 22.4 Å². The zero-order chi connectivity index (χ0) is 11.8. The minimum atomic E-state index is 0. The molecule has 18 heavy (non-hydrogen) atoms. The molecule has 0 radical (unpaired) electrons. The van der Waals surface area contributed by atoms with Gasteiger partial charge in [-0.2, -0.15) is 0 Å². The largest absolute Gasteiger partial charge is 1.00 e. The van der Waals surface area contributed by atoms with Crippen molar-refractivity contribution < 1.29 is 29.0 Å². The molecule has 4 heteroatoms. The third-order valence-corrected chi connectivity index (χ3v) is 3.00. The number of aromatic amines is 1. The van der Waals surface area contributed by atoms with Crippen molar-refractivity contribution in [3.8, 4) is 17.1 Å². The van der Waals surface area contributed by atoms with Crippen LogP contribution >= 0.6 is 0 Å². The van der Waals surface area contributed by atoms with Crippen LogP contribution in [-0.4, -0.2) is 4.57 Å². The molecule has 3 nitrogen and oxygen atoms in total. The van der Waals surface area contributed by atoms with E-state index in [4.69, 9.17) is 0 Å². The summed E-state index contributed by atoms with van der Waals surface area (Å²) < 4.78 is 2.01. The third-order valence-electron chi connectivity index (χ3n) is 3.00. The molecule has 0 amide bonds. The minimum absolute atomic E-state index is 0. The first-order chi connectivity index (χ1) is 8.27. The molecule has 1 heterocycles. The maximum atomic E-state index is 11.8. The van der Waals surface area contributed by atoms with Gasteiger partial charge in [0.25, 0.3) is 5.82 Å². The van der Waals surface area contributed by atoms with Crippen molar-refractivity contribution in [1.29, 1.82) is 0 Å². The molecule has 0 aliphatic heterocycles. The Hall–Kier alpha value is -1.69. The zero-order valence-electron chi connectivity index (χ0n) is 10.5. The number of nitrogens with zero attached hydrogens (tertiary/aromatic N) is 1. The van der Waals surface area contributed by atoms with Crippen molar-refractivity contribution in [1.82, 2.24) is 4.57 Å². The van der Waals surface area contributed by atoms with Gasteiger partial charge in [0, 0.05) is 0 Å². The number of hydrogen-bond donors (Lipinski definition) is 0. The molecule has 3 rings (SSSR count). The third kappa shape index (κ3) is 1.92. The second kappa shape index (κ2) is 4.89. The van der Waals surface area contributed by atoms with Crippen molar-refractivity contribution in [2.75, 3.05) is 0 Å². The number of imidazole rings is 1. The van der Waals surface area contributed by atoms with E-state index in [1.54, 1.807) is 12.1 Å². The zero-order valence-corrected chi connectivity index (χ0v) is 10.5. The van der Waals surface area contributed by atoms with Gasteiger partial charge in [-0.25, -0.2) is 9.55 Å². The number of nitrogens with one attached hydrogen (secondary N) is 1. The molecule has 2 aromatic carbocycles. The van der Waals surface area contributed by atoms with Gasteiger partial charge in [0.1, 0.15) is 0 Å². The molecule has 0 unspecified atom stereocenters. The number of aromatic nitrogens is 2. The van der Waals surface area contributed by atoms with E-state index < -0.39 is 0 Å². The normalized spacial score (nSPS) is 10.3. The van der Waals surface area contributed by atoms with E-state index in [2.05, 4.69) is 4.98 Å². The van der Waals surface area contributed by atoms with Gasteiger partial charge in [-0.3, -0.25) is 0 Å². The second-order valence-corrected chi connectivity index (χ2v) is 4.05. The number of para-hydroxylation sites is 3. The van der Waals surface area contributed by atoms with Crippen LogP contribution in [0.1, 0.15) is 0 Å². The number of aryl methyl sites for hydroxylation is 1. The molecule has 0 atom stereocenters. The molecule has 0 bridgehead atoms. The molecular weight excluding hydrogens is 219 g/mol. The first-order valence-corrected chi connectivity index (χ1v) is 5.50. The van der Waals surface area contributed by atoms with E-state index in [1.165, 1.54) is 0 Å². The van der Waals surface area contributed by atoms with Crippen LogP contribution in [0, 0.1) is 0 Å². The Bertz CT molecular complexity index is 691. The fraction of sp³-hybridized carbons (Fsp3) is 0.0714. The monoisotopic (exact) mass is 231 g/mol. The summed E-state index contributed by atoms with van der Waals surface area (Å²) in [5.41, 5.74) is 2.82. The Morgan fingerprint density at radius 1 is 1.00 bits per heavy atom. The van der Waals surface area contributed by atoms with Gasteiger partial charge in [-0.05, 0) is 18.2 Å². The minimum Gasteiger partial charge on any atom is -0.872 e. The van der Waals surface area contributed by atoms with Crippen molar-refractivity contribution in [2.45, 2.75) is 0 Å². The van der Waals surface area contributed by atoms with Crippen molar-refractivity contribution in [3.05, 3.63) is 48.5 Å². The van der Waals surface area contributed by atoms with Crippen molar-refractivity contribution in [2.24, 2.45) is 7.05 Å². The van der Waals surface area contributed by atoms with Crippen molar-refractivity contribution in [3.63, 3.8) is 0 Å². The van der Waals surface area contributed by atoms with Gasteiger partial charge in [-0.15, -0.1) is 0 Å². The summed E-state index contributed by atoms with van der Waals surface area (Å²) in [6.45, 7) is 0. The second-order valence-electron chi connectivity index (χ2n) is 4.05. The SMILES string of the molecule is Cn1c(-c2ccccc2[O-])[nH+]c2ccccc21.[Li+]. The molecule has 0 fully saturated rings. The number of fused-ring (bicyclic) bond motifs is 1. The van der Waals surface area contributed by atoms with Crippen LogP contribution in [0.5, 0.6) is 5.75 Å². The van der Waals surface area contributed by atoms with Crippen LogP contribution in [0.4, 0.5) is 0 Å². The number of rotatable bonds is 1. The first-order valence-electron chi connectivity index (χ1n) is 5.50. The predicted molar refractivity (Wildman–Crippen MR) is 64.4 cm³/mol. The van der Waals surface area contributed by atoms with Crippen LogP contribution < -0.4 is 29.0 Å². The summed E-state index contributed by atoms with van der Waals surface area (Å²) >= 11 is 0. The smallest absolute Gasteiger partial charge is 0.872 e. The molecule has 1 N–H and O–H groups in total. The molecule has 0 saturated heterocycles. The summed E-state index contributed by atoms with van der Waals surface area (Å²) in [6.07, 6.45) is 0. The summed E-state index contributed by atoms with van der Waals surface area (Å²) in [7, 11) is 1.96. The summed E-state index contributed by atoms with van der Waals surface area (Å²) in [6, 6.07) is 15.1. The molecule has 0 saturated carbocycles. The van der Waals surface area contributed by atoms with E-state index in [0.717, 1.165) is 16.9 Å².